The summed E-state index contributed by atoms with van der Waals surface area (Å²) in [5.41, 5.74) is 6.31. The van der Waals surface area contributed by atoms with Gasteiger partial charge in [0.15, 0.2) is 0 Å². The molecule has 0 aliphatic heterocycles. The molecule has 1 aromatic carbocycles. The van der Waals surface area contributed by atoms with Crippen LogP contribution in [0.2, 0.25) is 5.02 Å². The third-order valence-electron chi connectivity index (χ3n) is 2.28. The Hall–Kier alpha value is -0.930. The van der Waals surface area contributed by atoms with Crippen molar-refractivity contribution in [3.63, 3.8) is 0 Å². The Morgan fingerprint density at radius 2 is 1.94 bits per heavy atom. The molecule has 4 heteroatoms. The second kappa shape index (κ2) is 7.36. The number of aliphatic hydroxyl groups excluding tert-OH is 1. The zero-order valence-corrected chi connectivity index (χ0v) is 10.0. The number of benzene rings is 1. The summed E-state index contributed by atoms with van der Waals surface area (Å²) in [6.45, 7) is 0.919. The van der Waals surface area contributed by atoms with Gasteiger partial charge in [-0.25, -0.2) is 0 Å². The summed E-state index contributed by atoms with van der Waals surface area (Å²) in [5.74, 6) is 0.687. The van der Waals surface area contributed by atoms with Crippen molar-refractivity contribution in [1.29, 1.82) is 0 Å². The fourth-order valence-corrected chi connectivity index (χ4v) is 1.58. The Bertz CT molecular complexity index is 318. The number of hydrogen-bond donors (Lipinski definition) is 2. The van der Waals surface area contributed by atoms with Crippen LogP contribution >= 0.6 is 11.6 Å². The quantitative estimate of drug-likeness (QED) is 0.572. The minimum atomic E-state index is 0.269. The van der Waals surface area contributed by atoms with E-state index in [2.05, 4.69) is 0 Å². The molecule has 0 heterocycles. The van der Waals surface area contributed by atoms with E-state index in [9.17, 15) is 0 Å². The number of aliphatic hydroxyl groups is 1. The van der Waals surface area contributed by atoms with Crippen molar-refractivity contribution in [3.8, 4) is 5.75 Å². The van der Waals surface area contributed by atoms with Crippen LogP contribution in [0.4, 0.5) is 5.69 Å². The second-order valence-corrected chi connectivity index (χ2v) is 4.10. The van der Waals surface area contributed by atoms with Gasteiger partial charge in [0.05, 0.1) is 12.3 Å². The first kappa shape index (κ1) is 13.1. The van der Waals surface area contributed by atoms with Crippen molar-refractivity contribution in [2.24, 2.45) is 0 Å². The van der Waals surface area contributed by atoms with E-state index in [1.165, 1.54) is 0 Å². The van der Waals surface area contributed by atoms with Crippen molar-refractivity contribution >= 4 is 17.3 Å². The molecule has 0 aliphatic rings. The monoisotopic (exact) mass is 243 g/mol. The van der Waals surface area contributed by atoms with Crippen LogP contribution in [-0.4, -0.2) is 18.3 Å². The normalized spacial score (nSPS) is 10.4. The maximum atomic E-state index is 8.60. The van der Waals surface area contributed by atoms with Crippen molar-refractivity contribution in [2.75, 3.05) is 18.9 Å². The van der Waals surface area contributed by atoms with Gasteiger partial charge in [0.25, 0.3) is 0 Å². The third kappa shape index (κ3) is 4.73. The maximum absolute atomic E-state index is 8.60. The van der Waals surface area contributed by atoms with E-state index < -0.39 is 0 Å². The molecular weight excluding hydrogens is 226 g/mol. The van der Waals surface area contributed by atoms with Gasteiger partial charge in [-0.15, -0.1) is 0 Å². The van der Waals surface area contributed by atoms with Crippen molar-refractivity contribution in [3.05, 3.63) is 23.2 Å². The highest BCUT2D eigenvalue weighted by molar-refractivity contribution is 6.30. The lowest BCUT2D eigenvalue weighted by atomic mass is 10.2. The molecular formula is C12H18ClNO2. The molecule has 0 aromatic heterocycles. The number of halogens is 1. The van der Waals surface area contributed by atoms with Gasteiger partial charge in [-0.2, -0.15) is 0 Å². The van der Waals surface area contributed by atoms with Gasteiger partial charge in [0, 0.05) is 11.6 Å². The molecule has 0 saturated carbocycles. The van der Waals surface area contributed by atoms with E-state index in [4.69, 9.17) is 27.2 Å². The lowest BCUT2D eigenvalue weighted by Crippen LogP contribution is -2.00. The molecule has 1 aromatic rings. The van der Waals surface area contributed by atoms with Crippen LogP contribution in [0.5, 0.6) is 5.75 Å². The van der Waals surface area contributed by atoms with Gasteiger partial charge < -0.3 is 15.6 Å². The molecule has 0 unspecified atom stereocenters. The molecule has 0 atom stereocenters. The predicted molar refractivity (Wildman–Crippen MR) is 66.9 cm³/mol. The summed E-state index contributed by atoms with van der Waals surface area (Å²) in [4.78, 5) is 0. The van der Waals surface area contributed by atoms with Crippen LogP contribution in [0, 0.1) is 0 Å². The highest BCUT2D eigenvalue weighted by Gasteiger charge is 2.00. The number of unbranched alkanes of at least 4 members (excludes halogenated alkanes) is 3. The second-order valence-electron chi connectivity index (χ2n) is 3.67. The van der Waals surface area contributed by atoms with Gasteiger partial charge in [-0.05, 0) is 37.5 Å². The largest absolute Gasteiger partial charge is 0.491 e. The van der Waals surface area contributed by atoms with E-state index in [-0.39, 0.29) is 6.61 Å². The van der Waals surface area contributed by atoms with Crippen LogP contribution < -0.4 is 10.5 Å². The van der Waals surface area contributed by atoms with E-state index in [1.54, 1.807) is 18.2 Å². The molecule has 0 bridgehead atoms. The Morgan fingerprint density at radius 3 is 2.62 bits per heavy atom. The van der Waals surface area contributed by atoms with Crippen LogP contribution in [0.3, 0.4) is 0 Å². The Morgan fingerprint density at radius 1 is 1.19 bits per heavy atom. The summed E-state index contributed by atoms with van der Waals surface area (Å²) in [6, 6.07) is 5.23. The molecule has 0 fully saturated rings. The average Bonchev–Trinajstić information content (AvgIpc) is 2.26. The van der Waals surface area contributed by atoms with Gasteiger partial charge in [-0.1, -0.05) is 18.0 Å². The van der Waals surface area contributed by atoms with Gasteiger partial charge in [-0.3, -0.25) is 0 Å². The smallest absolute Gasteiger partial charge is 0.142 e. The van der Waals surface area contributed by atoms with Crippen LogP contribution in [0.1, 0.15) is 25.7 Å². The Kier molecular flexibility index (Phi) is 6.04. The molecule has 3 nitrogen and oxygen atoms in total. The summed E-state index contributed by atoms with van der Waals surface area (Å²) in [5, 5.41) is 9.22. The first-order valence-corrected chi connectivity index (χ1v) is 5.90. The number of ether oxygens (including phenoxy) is 1. The highest BCUT2D eigenvalue weighted by atomic mass is 35.5. The van der Waals surface area contributed by atoms with E-state index in [0.29, 0.717) is 23.1 Å². The summed E-state index contributed by atoms with van der Waals surface area (Å²) in [6.07, 6.45) is 3.94. The predicted octanol–water partition coefficient (Wildman–Crippen LogP) is 2.85. The topological polar surface area (TPSA) is 55.5 Å². The van der Waals surface area contributed by atoms with Crippen molar-refractivity contribution < 1.29 is 9.84 Å². The van der Waals surface area contributed by atoms with E-state index >= 15 is 0 Å². The van der Waals surface area contributed by atoms with E-state index in [0.717, 1.165) is 25.7 Å². The Labute approximate surface area is 101 Å². The molecule has 90 valence electrons. The van der Waals surface area contributed by atoms with Crippen molar-refractivity contribution in [1.82, 2.24) is 0 Å². The summed E-state index contributed by atoms with van der Waals surface area (Å²) < 4.78 is 5.53. The third-order valence-corrected chi connectivity index (χ3v) is 2.52. The summed E-state index contributed by atoms with van der Waals surface area (Å²) >= 11 is 5.78. The number of rotatable bonds is 7. The standard InChI is InChI=1S/C12H18ClNO2/c13-10-5-6-12(11(14)9-10)16-8-4-2-1-3-7-15/h5-6,9,15H,1-4,7-8,14H2. The number of hydrogen-bond acceptors (Lipinski definition) is 3. The molecule has 0 saturated heterocycles. The zero-order chi connectivity index (χ0) is 11.8. The zero-order valence-electron chi connectivity index (χ0n) is 9.29. The first-order chi connectivity index (χ1) is 7.74. The molecule has 0 aliphatic carbocycles. The maximum Gasteiger partial charge on any atom is 0.142 e. The molecule has 0 amide bonds. The van der Waals surface area contributed by atoms with Gasteiger partial charge >= 0.3 is 0 Å². The molecule has 0 radical (unpaired) electrons. The van der Waals surface area contributed by atoms with Gasteiger partial charge in [0.1, 0.15) is 5.75 Å². The van der Waals surface area contributed by atoms with Crippen LogP contribution in [-0.2, 0) is 0 Å². The SMILES string of the molecule is Nc1cc(Cl)ccc1OCCCCCCO. The lowest BCUT2D eigenvalue weighted by molar-refractivity contribution is 0.274. The fourth-order valence-electron chi connectivity index (χ4n) is 1.40. The molecule has 16 heavy (non-hydrogen) atoms. The summed E-state index contributed by atoms with van der Waals surface area (Å²) in [7, 11) is 0. The van der Waals surface area contributed by atoms with E-state index in [1.807, 2.05) is 0 Å². The van der Waals surface area contributed by atoms with Crippen molar-refractivity contribution in [2.45, 2.75) is 25.7 Å². The van der Waals surface area contributed by atoms with Gasteiger partial charge in [0.2, 0.25) is 0 Å². The highest BCUT2D eigenvalue weighted by Crippen LogP contribution is 2.25. The first-order valence-electron chi connectivity index (χ1n) is 5.52. The number of nitrogen functional groups attached to an aromatic ring is 1. The van der Waals surface area contributed by atoms with Crippen LogP contribution in [0.25, 0.3) is 0 Å². The molecule has 1 rings (SSSR count). The lowest BCUT2D eigenvalue weighted by Gasteiger charge is -2.08. The molecule has 3 N–H and O–H groups in total. The number of nitrogens with two attached hydrogens (primary N) is 1. The molecule has 0 spiro atoms. The van der Waals surface area contributed by atoms with Crippen LogP contribution in [0.15, 0.2) is 18.2 Å². The average molecular weight is 244 g/mol. The minimum absolute atomic E-state index is 0.269. The minimum Gasteiger partial charge on any atom is -0.491 e. The Balaban J connectivity index is 2.21. The fraction of sp³-hybridized carbons (Fsp3) is 0.500. The number of anilines is 1.